The van der Waals surface area contributed by atoms with Crippen LogP contribution in [0.3, 0.4) is 0 Å². The Morgan fingerprint density at radius 1 is 1.21 bits per heavy atom. The normalized spacial score (nSPS) is 10.7. The summed E-state index contributed by atoms with van der Waals surface area (Å²) in [4.78, 5) is 14.8. The van der Waals surface area contributed by atoms with Crippen molar-refractivity contribution in [1.82, 2.24) is 0 Å². The standard InChI is InChI=1S/C14H11NO4/c16-12-5-4-10(13(17)7-12)8-15-11-3-1-2-9(6-11)14(18)19/h1-8,16-17H,(H,18,19)/p-1. The van der Waals surface area contributed by atoms with Crippen molar-refractivity contribution in [2.24, 2.45) is 4.99 Å². The van der Waals surface area contributed by atoms with Gasteiger partial charge in [-0.1, -0.05) is 17.9 Å². The largest absolute Gasteiger partial charge is 0.872 e. The minimum Gasteiger partial charge on any atom is -0.872 e. The third-order valence-electron chi connectivity index (χ3n) is 2.44. The van der Waals surface area contributed by atoms with Crippen LogP contribution >= 0.6 is 0 Å². The molecule has 0 aliphatic carbocycles. The summed E-state index contributed by atoms with van der Waals surface area (Å²) in [5.41, 5.74) is 0.883. The molecule has 0 unspecified atom stereocenters. The highest BCUT2D eigenvalue weighted by atomic mass is 16.4. The lowest BCUT2D eigenvalue weighted by Gasteiger charge is -2.09. The number of hydrogen-bond acceptors (Lipinski definition) is 4. The summed E-state index contributed by atoms with van der Waals surface area (Å²) in [6, 6.07) is 10.00. The molecule has 19 heavy (non-hydrogen) atoms. The Hall–Kier alpha value is -2.82. The number of carboxylic acids is 1. The molecule has 0 saturated heterocycles. The smallest absolute Gasteiger partial charge is 0.335 e. The van der Waals surface area contributed by atoms with Gasteiger partial charge in [-0.3, -0.25) is 4.99 Å². The number of benzene rings is 2. The zero-order valence-corrected chi connectivity index (χ0v) is 9.78. The van der Waals surface area contributed by atoms with E-state index in [9.17, 15) is 9.90 Å². The molecule has 0 saturated carbocycles. The molecule has 0 bridgehead atoms. The molecule has 0 spiro atoms. The van der Waals surface area contributed by atoms with Gasteiger partial charge in [-0.15, -0.1) is 0 Å². The summed E-state index contributed by atoms with van der Waals surface area (Å²) in [6.45, 7) is 0. The summed E-state index contributed by atoms with van der Waals surface area (Å²) in [5.74, 6) is -1.49. The zero-order chi connectivity index (χ0) is 13.8. The van der Waals surface area contributed by atoms with E-state index in [1.807, 2.05) is 0 Å². The lowest BCUT2D eigenvalue weighted by Crippen LogP contribution is -1.96. The molecular weight excluding hydrogens is 246 g/mol. The average Bonchev–Trinajstić information content (AvgIpc) is 2.38. The summed E-state index contributed by atoms with van der Waals surface area (Å²) in [7, 11) is 0. The molecule has 0 atom stereocenters. The number of carbonyl (C=O) groups is 1. The lowest BCUT2D eigenvalue weighted by molar-refractivity contribution is -0.268. The van der Waals surface area contributed by atoms with E-state index in [1.54, 1.807) is 12.1 Å². The first-order chi connectivity index (χ1) is 9.06. The molecule has 5 nitrogen and oxygen atoms in total. The van der Waals surface area contributed by atoms with Crippen LogP contribution in [0.4, 0.5) is 5.69 Å². The summed E-state index contributed by atoms with van der Waals surface area (Å²) >= 11 is 0. The molecule has 2 aromatic rings. The molecular formula is C14H10NO4-. The van der Waals surface area contributed by atoms with Gasteiger partial charge in [0.15, 0.2) is 0 Å². The van der Waals surface area contributed by atoms with Crippen molar-refractivity contribution in [3.8, 4) is 11.5 Å². The zero-order valence-electron chi connectivity index (χ0n) is 9.78. The first-order valence-electron chi connectivity index (χ1n) is 5.44. The van der Waals surface area contributed by atoms with Crippen LogP contribution in [0.25, 0.3) is 0 Å². The van der Waals surface area contributed by atoms with Gasteiger partial charge in [-0.25, -0.2) is 4.79 Å². The first kappa shape index (κ1) is 12.6. The van der Waals surface area contributed by atoms with Crippen LogP contribution in [-0.2, 0) is 0 Å². The lowest BCUT2D eigenvalue weighted by atomic mass is 10.2. The van der Waals surface area contributed by atoms with E-state index in [0.29, 0.717) is 11.3 Å². The van der Waals surface area contributed by atoms with Gasteiger partial charge in [0.2, 0.25) is 0 Å². The SMILES string of the molecule is O=C(O)c1cccc(N=Cc2ccc(O)cc2[O-])c1. The molecule has 0 heterocycles. The van der Waals surface area contributed by atoms with Crippen LogP contribution in [0.2, 0.25) is 0 Å². The van der Waals surface area contributed by atoms with E-state index in [4.69, 9.17) is 10.2 Å². The van der Waals surface area contributed by atoms with Gasteiger partial charge in [0.1, 0.15) is 5.75 Å². The Morgan fingerprint density at radius 3 is 2.68 bits per heavy atom. The Balaban J connectivity index is 2.27. The number of carboxylic acid groups (broad SMARTS) is 1. The van der Waals surface area contributed by atoms with Crippen LogP contribution in [0.1, 0.15) is 15.9 Å². The van der Waals surface area contributed by atoms with Crippen LogP contribution in [0.5, 0.6) is 11.5 Å². The monoisotopic (exact) mass is 256 g/mol. The fraction of sp³-hybridized carbons (Fsp3) is 0. The van der Waals surface area contributed by atoms with Gasteiger partial charge >= 0.3 is 5.97 Å². The Bertz CT molecular complexity index is 650. The number of rotatable bonds is 3. The van der Waals surface area contributed by atoms with Crippen molar-refractivity contribution in [2.45, 2.75) is 0 Å². The average molecular weight is 256 g/mol. The highest BCUT2D eigenvalue weighted by Gasteiger charge is 2.01. The molecule has 0 amide bonds. The first-order valence-corrected chi connectivity index (χ1v) is 5.44. The Labute approximate surface area is 109 Å². The molecule has 2 aromatic carbocycles. The molecule has 2 N–H and O–H groups in total. The number of aromatic carboxylic acids is 1. The van der Waals surface area contributed by atoms with Gasteiger partial charge in [0, 0.05) is 6.21 Å². The second-order valence-electron chi connectivity index (χ2n) is 3.84. The van der Waals surface area contributed by atoms with Crippen LogP contribution in [0, 0.1) is 0 Å². The molecule has 96 valence electrons. The number of phenols is 1. The topological polar surface area (TPSA) is 93.0 Å². The van der Waals surface area contributed by atoms with Gasteiger partial charge in [-0.05, 0) is 35.9 Å². The summed E-state index contributed by atoms with van der Waals surface area (Å²) in [5, 5.41) is 29.4. The van der Waals surface area contributed by atoms with Gasteiger partial charge in [-0.2, -0.15) is 0 Å². The Kier molecular flexibility index (Phi) is 3.47. The Morgan fingerprint density at radius 2 is 2.00 bits per heavy atom. The maximum atomic E-state index is 11.5. The fourth-order valence-electron chi connectivity index (χ4n) is 1.49. The quantitative estimate of drug-likeness (QED) is 0.820. The molecule has 0 aliphatic heterocycles. The van der Waals surface area contributed by atoms with Crippen molar-refractivity contribution in [3.63, 3.8) is 0 Å². The van der Waals surface area contributed by atoms with E-state index in [2.05, 4.69) is 4.99 Å². The maximum absolute atomic E-state index is 11.5. The van der Waals surface area contributed by atoms with Crippen LogP contribution in [0.15, 0.2) is 47.5 Å². The van der Waals surface area contributed by atoms with Crippen molar-refractivity contribution < 1.29 is 20.1 Å². The second-order valence-corrected chi connectivity index (χ2v) is 3.84. The molecule has 2 rings (SSSR count). The van der Waals surface area contributed by atoms with Gasteiger partial charge in [0.05, 0.1) is 11.3 Å². The number of aromatic hydroxyl groups is 1. The van der Waals surface area contributed by atoms with Crippen molar-refractivity contribution in [3.05, 3.63) is 53.6 Å². The number of nitrogens with zero attached hydrogens (tertiary/aromatic N) is 1. The van der Waals surface area contributed by atoms with Gasteiger partial charge < -0.3 is 15.3 Å². The predicted octanol–water partition coefficient (Wildman–Crippen LogP) is 1.91. The molecule has 5 heteroatoms. The van der Waals surface area contributed by atoms with E-state index in [0.717, 1.165) is 6.07 Å². The molecule has 0 fully saturated rings. The minimum absolute atomic E-state index is 0.102. The number of hydrogen-bond donors (Lipinski definition) is 2. The highest BCUT2D eigenvalue weighted by molar-refractivity contribution is 5.89. The minimum atomic E-state index is -1.04. The van der Waals surface area contributed by atoms with Crippen LogP contribution < -0.4 is 5.11 Å². The van der Waals surface area contributed by atoms with E-state index in [1.165, 1.54) is 30.5 Å². The molecule has 0 aliphatic rings. The second kappa shape index (κ2) is 5.22. The number of aliphatic imine (C=N–C) groups is 1. The third-order valence-corrected chi connectivity index (χ3v) is 2.44. The molecule has 0 aromatic heterocycles. The van der Waals surface area contributed by atoms with E-state index >= 15 is 0 Å². The van der Waals surface area contributed by atoms with E-state index in [-0.39, 0.29) is 17.1 Å². The van der Waals surface area contributed by atoms with Crippen molar-refractivity contribution in [1.29, 1.82) is 0 Å². The highest BCUT2D eigenvalue weighted by Crippen LogP contribution is 2.20. The summed E-state index contributed by atoms with van der Waals surface area (Å²) < 4.78 is 0. The fourth-order valence-corrected chi connectivity index (χ4v) is 1.49. The number of phenolic OH excluding ortho intramolecular Hbond substituents is 1. The predicted molar refractivity (Wildman–Crippen MR) is 68.2 cm³/mol. The van der Waals surface area contributed by atoms with Gasteiger partial charge in [0.25, 0.3) is 0 Å². The van der Waals surface area contributed by atoms with Crippen LogP contribution in [-0.4, -0.2) is 22.4 Å². The maximum Gasteiger partial charge on any atom is 0.335 e. The van der Waals surface area contributed by atoms with E-state index < -0.39 is 5.97 Å². The molecule has 0 radical (unpaired) electrons. The van der Waals surface area contributed by atoms with Crippen molar-refractivity contribution >= 4 is 17.9 Å². The van der Waals surface area contributed by atoms with Crippen molar-refractivity contribution in [2.75, 3.05) is 0 Å². The third kappa shape index (κ3) is 3.10. The summed E-state index contributed by atoms with van der Waals surface area (Å²) in [6.07, 6.45) is 1.34.